The lowest BCUT2D eigenvalue weighted by Crippen LogP contribution is -2.65. The van der Waals surface area contributed by atoms with Crippen LogP contribution in [0.15, 0.2) is 18.2 Å². The topological polar surface area (TPSA) is 39.7 Å². The van der Waals surface area contributed by atoms with E-state index >= 15 is 0 Å². The van der Waals surface area contributed by atoms with Crippen molar-refractivity contribution in [2.45, 2.75) is 58.2 Å². The summed E-state index contributed by atoms with van der Waals surface area (Å²) in [6.07, 6.45) is -1.29. The minimum absolute atomic E-state index is 0.0985. The van der Waals surface area contributed by atoms with Crippen LogP contribution < -0.4 is 4.90 Å². The molecule has 5 nitrogen and oxygen atoms in total. The zero-order valence-electron chi connectivity index (χ0n) is 18.2. The van der Waals surface area contributed by atoms with Crippen molar-refractivity contribution in [3.8, 4) is 0 Å². The molecule has 0 unspecified atom stereocenters. The monoisotopic (exact) mass is 426 g/mol. The zero-order valence-corrected chi connectivity index (χ0v) is 18.2. The molecule has 2 fully saturated rings. The molecule has 0 bridgehead atoms. The fourth-order valence-electron chi connectivity index (χ4n) is 4.59. The lowest BCUT2D eigenvalue weighted by Gasteiger charge is -2.54. The van der Waals surface area contributed by atoms with Crippen LogP contribution in [0.25, 0.3) is 0 Å². The molecule has 0 radical (unpaired) electrons. The van der Waals surface area contributed by atoms with Gasteiger partial charge in [0.15, 0.2) is 0 Å². The predicted octanol–water partition coefficient (Wildman–Crippen LogP) is 4.04. The summed E-state index contributed by atoms with van der Waals surface area (Å²) in [6.45, 7) is 11.5. The van der Waals surface area contributed by atoms with Crippen LogP contribution in [-0.4, -0.2) is 65.5 Å². The maximum atomic E-state index is 13.2. The van der Waals surface area contributed by atoms with Crippen LogP contribution in [0.3, 0.4) is 0 Å². The maximum Gasteiger partial charge on any atom is 0.433 e. The molecule has 2 aliphatic rings. The van der Waals surface area contributed by atoms with Gasteiger partial charge in [0.2, 0.25) is 5.91 Å². The fraction of sp³-hybridized carbons (Fsp3) is 0.727. The number of carbonyl (C=O) groups excluding carboxylic acids is 1. The number of carbonyl (C=O) groups is 1. The van der Waals surface area contributed by atoms with Crippen molar-refractivity contribution in [1.29, 1.82) is 0 Å². The third-order valence-electron chi connectivity index (χ3n) is 6.31. The first-order chi connectivity index (χ1) is 14.1. The number of amides is 1. The lowest BCUT2D eigenvalue weighted by molar-refractivity contribution is -0.141. The number of hydrogen-bond donors (Lipinski definition) is 0. The molecule has 1 aromatic heterocycles. The summed E-state index contributed by atoms with van der Waals surface area (Å²) in [5.41, 5.74) is -1.12. The van der Waals surface area contributed by atoms with Gasteiger partial charge in [-0.25, -0.2) is 4.98 Å². The van der Waals surface area contributed by atoms with Crippen LogP contribution in [0, 0.1) is 5.92 Å². The van der Waals surface area contributed by atoms with Gasteiger partial charge in [-0.2, -0.15) is 13.2 Å². The molecule has 0 spiro atoms. The Morgan fingerprint density at radius 2 is 1.87 bits per heavy atom. The Hall–Kier alpha value is -1.67. The second kappa shape index (κ2) is 9.22. The molecule has 1 saturated carbocycles. The Bertz CT molecular complexity index is 725. The van der Waals surface area contributed by atoms with Gasteiger partial charge in [0.1, 0.15) is 11.5 Å². The van der Waals surface area contributed by atoms with Crippen molar-refractivity contribution >= 4 is 11.7 Å². The normalized spacial score (nSPS) is 20.2. The van der Waals surface area contributed by atoms with Crippen LogP contribution in [0.1, 0.15) is 52.1 Å². The van der Waals surface area contributed by atoms with Crippen LogP contribution in [-0.2, 0) is 11.0 Å². The molecule has 0 aromatic carbocycles. The molecule has 1 aliphatic carbocycles. The minimum Gasteiger partial charge on any atom is -0.301 e. The number of pyridine rings is 1. The number of piperazine rings is 1. The molecular weight excluding hydrogens is 393 g/mol. The first-order valence-corrected chi connectivity index (χ1v) is 11.0. The Balaban J connectivity index is 1.78. The molecule has 30 heavy (non-hydrogen) atoms. The van der Waals surface area contributed by atoms with Crippen molar-refractivity contribution in [1.82, 2.24) is 14.8 Å². The Kier molecular flexibility index (Phi) is 7.07. The van der Waals surface area contributed by atoms with E-state index in [1.807, 2.05) is 0 Å². The summed E-state index contributed by atoms with van der Waals surface area (Å²) in [5.74, 6) is 0.534. The average molecular weight is 427 g/mol. The van der Waals surface area contributed by atoms with Crippen molar-refractivity contribution in [3.63, 3.8) is 0 Å². The quantitative estimate of drug-likeness (QED) is 0.660. The van der Waals surface area contributed by atoms with Gasteiger partial charge in [-0.05, 0) is 37.3 Å². The molecule has 2 heterocycles. The second-order valence-corrected chi connectivity index (χ2v) is 8.97. The molecule has 1 saturated heterocycles. The summed E-state index contributed by atoms with van der Waals surface area (Å²) < 4.78 is 39.5. The Morgan fingerprint density at radius 3 is 2.37 bits per heavy atom. The van der Waals surface area contributed by atoms with E-state index in [2.05, 4.69) is 28.6 Å². The van der Waals surface area contributed by atoms with E-state index in [-0.39, 0.29) is 23.7 Å². The van der Waals surface area contributed by atoms with Crippen LogP contribution in [0.5, 0.6) is 0 Å². The molecule has 0 N–H and O–H groups in total. The summed E-state index contributed by atoms with van der Waals surface area (Å²) in [4.78, 5) is 22.9. The Labute approximate surface area is 177 Å². The van der Waals surface area contributed by atoms with E-state index in [1.165, 1.54) is 17.0 Å². The van der Waals surface area contributed by atoms with E-state index < -0.39 is 11.9 Å². The second-order valence-electron chi connectivity index (χ2n) is 8.97. The SMILES string of the molecule is CCC(=O)N(CC1(N2CCN(CC(C)C)CC2)CCC1)c1cccc(C(F)(F)F)n1. The molecule has 1 aromatic rings. The third kappa shape index (κ3) is 5.14. The number of halogens is 3. The molecular formula is C22H33F3N4O. The standard InChI is InChI=1S/C22H33F3N4O/c1-4-20(30)29(19-8-5-7-18(26-19)22(23,24)25)16-21(9-6-10-21)28-13-11-27(12-14-28)15-17(2)3/h5,7-8,17H,4,6,9-16H2,1-3H3. The van der Waals surface area contributed by atoms with Gasteiger partial charge in [-0.3, -0.25) is 14.6 Å². The number of nitrogens with zero attached hydrogens (tertiary/aromatic N) is 4. The van der Waals surface area contributed by atoms with E-state index in [0.717, 1.165) is 58.1 Å². The van der Waals surface area contributed by atoms with Gasteiger partial charge in [-0.15, -0.1) is 0 Å². The fourth-order valence-corrected chi connectivity index (χ4v) is 4.59. The van der Waals surface area contributed by atoms with E-state index in [1.54, 1.807) is 6.92 Å². The molecule has 0 atom stereocenters. The highest BCUT2D eigenvalue weighted by molar-refractivity contribution is 5.92. The van der Waals surface area contributed by atoms with Crippen molar-refractivity contribution in [2.75, 3.05) is 44.2 Å². The van der Waals surface area contributed by atoms with Crippen molar-refractivity contribution in [3.05, 3.63) is 23.9 Å². The van der Waals surface area contributed by atoms with Gasteiger partial charge < -0.3 is 4.90 Å². The number of hydrogen-bond acceptors (Lipinski definition) is 4. The van der Waals surface area contributed by atoms with Gasteiger partial charge in [0, 0.05) is 51.2 Å². The van der Waals surface area contributed by atoms with Gasteiger partial charge in [0.25, 0.3) is 0 Å². The molecule has 168 valence electrons. The van der Waals surface area contributed by atoms with Gasteiger partial charge in [0.05, 0.1) is 0 Å². The molecule has 8 heteroatoms. The predicted molar refractivity (Wildman–Crippen MR) is 111 cm³/mol. The first kappa shape index (κ1) is 23.0. The summed E-state index contributed by atoms with van der Waals surface area (Å²) >= 11 is 0. The molecule has 3 rings (SSSR count). The average Bonchev–Trinajstić information content (AvgIpc) is 2.67. The smallest absolute Gasteiger partial charge is 0.301 e. The number of rotatable bonds is 7. The highest BCUT2D eigenvalue weighted by atomic mass is 19.4. The Morgan fingerprint density at radius 1 is 1.20 bits per heavy atom. The van der Waals surface area contributed by atoms with Crippen molar-refractivity contribution in [2.24, 2.45) is 5.92 Å². The highest BCUT2D eigenvalue weighted by Crippen LogP contribution is 2.40. The zero-order chi connectivity index (χ0) is 21.9. The van der Waals surface area contributed by atoms with Gasteiger partial charge in [-0.1, -0.05) is 26.8 Å². The van der Waals surface area contributed by atoms with Gasteiger partial charge >= 0.3 is 6.18 Å². The highest BCUT2D eigenvalue weighted by Gasteiger charge is 2.45. The van der Waals surface area contributed by atoms with Crippen LogP contribution in [0.2, 0.25) is 0 Å². The molecule has 1 amide bonds. The maximum absolute atomic E-state index is 13.2. The number of aromatic nitrogens is 1. The lowest BCUT2D eigenvalue weighted by atomic mass is 9.74. The number of anilines is 1. The summed E-state index contributed by atoms with van der Waals surface area (Å²) in [7, 11) is 0. The van der Waals surface area contributed by atoms with E-state index in [0.29, 0.717) is 12.5 Å². The minimum atomic E-state index is -4.53. The van der Waals surface area contributed by atoms with Crippen LogP contribution in [0.4, 0.5) is 19.0 Å². The third-order valence-corrected chi connectivity index (χ3v) is 6.31. The number of alkyl halides is 3. The first-order valence-electron chi connectivity index (χ1n) is 11.0. The largest absolute Gasteiger partial charge is 0.433 e. The van der Waals surface area contributed by atoms with E-state index in [9.17, 15) is 18.0 Å². The van der Waals surface area contributed by atoms with Crippen molar-refractivity contribution < 1.29 is 18.0 Å². The summed E-state index contributed by atoms with van der Waals surface area (Å²) in [5, 5.41) is 0. The molecule has 1 aliphatic heterocycles. The van der Waals surface area contributed by atoms with Crippen LogP contribution >= 0.6 is 0 Å². The summed E-state index contributed by atoms with van der Waals surface area (Å²) in [6, 6.07) is 3.79. The van der Waals surface area contributed by atoms with E-state index in [4.69, 9.17) is 0 Å².